The average molecular weight is 601 g/mol. The first-order chi connectivity index (χ1) is 20.9. The summed E-state index contributed by atoms with van der Waals surface area (Å²) in [6.07, 6.45) is 1.78. The van der Waals surface area contributed by atoms with Crippen LogP contribution < -0.4 is 33.8 Å². The first kappa shape index (κ1) is 29.7. The van der Waals surface area contributed by atoms with Crippen LogP contribution in [0.25, 0.3) is 6.08 Å². The summed E-state index contributed by atoms with van der Waals surface area (Å²) in [5, 5.41) is 0. The largest absolute Gasteiger partial charge is 0.497 e. The van der Waals surface area contributed by atoms with Crippen molar-refractivity contribution in [3.05, 3.63) is 114 Å². The van der Waals surface area contributed by atoms with E-state index in [1.807, 2.05) is 48.5 Å². The van der Waals surface area contributed by atoms with Gasteiger partial charge < -0.3 is 23.7 Å². The van der Waals surface area contributed by atoms with E-state index in [2.05, 4.69) is 4.99 Å². The van der Waals surface area contributed by atoms with E-state index in [0.29, 0.717) is 50.2 Å². The molecule has 0 spiro atoms. The van der Waals surface area contributed by atoms with E-state index in [4.69, 9.17) is 23.7 Å². The molecule has 0 saturated carbocycles. The Hall–Kier alpha value is -4.83. The Morgan fingerprint density at radius 2 is 1.72 bits per heavy atom. The van der Waals surface area contributed by atoms with Crippen molar-refractivity contribution < 1.29 is 28.5 Å². The number of nitrogens with zero attached hydrogens (tertiary/aromatic N) is 2. The Labute approximate surface area is 252 Å². The molecule has 4 aromatic rings. The van der Waals surface area contributed by atoms with Crippen LogP contribution in [0.1, 0.15) is 36.6 Å². The molecule has 1 aliphatic heterocycles. The minimum Gasteiger partial charge on any atom is -0.497 e. The van der Waals surface area contributed by atoms with Gasteiger partial charge >= 0.3 is 5.97 Å². The summed E-state index contributed by atoms with van der Waals surface area (Å²) in [7, 11) is 4.66. The molecule has 2 heterocycles. The molecule has 0 N–H and O–H groups in total. The number of ether oxygens (including phenoxy) is 5. The number of carbonyl (C=O) groups excluding carboxylic acids is 1. The van der Waals surface area contributed by atoms with Gasteiger partial charge in [0.15, 0.2) is 16.3 Å². The van der Waals surface area contributed by atoms with Crippen LogP contribution in [0, 0.1) is 0 Å². The Morgan fingerprint density at radius 1 is 0.953 bits per heavy atom. The van der Waals surface area contributed by atoms with Crippen LogP contribution in [0.3, 0.4) is 0 Å². The minimum absolute atomic E-state index is 0.180. The third-order valence-electron chi connectivity index (χ3n) is 6.97. The lowest BCUT2D eigenvalue weighted by Gasteiger charge is -2.26. The number of aromatic nitrogens is 1. The fourth-order valence-corrected chi connectivity index (χ4v) is 5.96. The number of thiazole rings is 1. The smallest absolute Gasteiger partial charge is 0.338 e. The lowest BCUT2D eigenvalue weighted by Crippen LogP contribution is -2.40. The number of methoxy groups -OCH3 is 3. The second-order valence-electron chi connectivity index (χ2n) is 9.59. The molecule has 0 radical (unpaired) electrons. The number of hydrogen-bond acceptors (Lipinski definition) is 9. The number of benzene rings is 3. The van der Waals surface area contributed by atoms with Crippen LogP contribution in [0.15, 0.2) is 87.8 Å². The molecule has 0 saturated heterocycles. The number of esters is 1. The summed E-state index contributed by atoms with van der Waals surface area (Å²) in [5.74, 6) is 1.63. The second kappa shape index (κ2) is 13.0. The zero-order valence-corrected chi connectivity index (χ0v) is 25.4. The molecule has 0 amide bonds. The molecule has 5 rings (SSSR count). The van der Waals surface area contributed by atoms with Gasteiger partial charge in [-0.05, 0) is 55.3 Å². The highest BCUT2D eigenvalue weighted by atomic mass is 32.1. The van der Waals surface area contributed by atoms with Crippen LogP contribution in [0.4, 0.5) is 0 Å². The third-order valence-corrected chi connectivity index (χ3v) is 7.96. The molecule has 0 bridgehead atoms. The molecule has 1 atom stereocenters. The van der Waals surface area contributed by atoms with Gasteiger partial charge in [-0.2, -0.15) is 0 Å². The van der Waals surface area contributed by atoms with Gasteiger partial charge in [0, 0.05) is 11.6 Å². The molecule has 1 aliphatic rings. The standard InChI is InChI=1S/C33H32N2O7S/c1-6-41-32(37)29-20(2)34-33-35(30(29)24-14-13-23(38-3)18-26(24)39-4)31(36)28(43-33)17-22-12-15-25(27(16-22)40-5)42-19-21-10-8-7-9-11-21/h7-18,30H,6,19H2,1-5H3/b28-17+/t30-/m1/s1. The van der Waals surface area contributed by atoms with Crippen LogP contribution in [-0.2, 0) is 16.1 Å². The lowest BCUT2D eigenvalue weighted by molar-refractivity contribution is -0.139. The summed E-state index contributed by atoms with van der Waals surface area (Å²) in [5.41, 5.74) is 2.82. The molecule has 1 aromatic heterocycles. The SMILES string of the molecule is CCOC(=O)C1=C(C)N=c2s/c(=C/c3ccc(OCc4ccccc4)c(OC)c3)c(=O)n2[C@@H]1c1ccc(OC)cc1OC. The number of hydrogen-bond donors (Lipinski definition) is 0. The average Bonchev–Trinajstić information content (AvgIpc) is 3.33. The highest BCUT2D eigenvalue weighted by Crippen LogP contribution is 2.37. The predicted molar refractivity (Wildman–Crippen MR) is 164 cm³/mol. The Balaban J connectivity index is 1.59. The minimum atomic E-state index is -0.818. The highest BCUT2D eigenvalue weighted by Gasteiger charge is 2.35. The van der Waals surface area contributed by atoms with E-state index < -0.39 is 12.0 Å². The monoisotopic (exact) mass is 600 g/mol. The van der Waals surface area contributed by atoms with Crippen molar-refractivity contribution in [1.29, 1.82) is 0 Å². The van der Waals surface area contributed by atoms with Gasteiger partial charge in [0.2, 0.25) is 0 Å². The van der Waals surface area contributed by atoms with Crippen LogP contribution in [-0.4, -0.2) is 38.5 Å². The van der Waals surface area contributed by atoms with Gasteiger partial charge in [-0.3, -0.25) is 9.36 Å². The van der Waals surface area contributed by atoms with Gasteiger partial charge in [-0.1, -0.05) is 47.7 Å². The van der Waals surface area contributed by atoms with Crippen molar-refractivity contribution in [2.75, 3.05) is 27.9 Å². The molecular weight excluding hydrogens is 568 g/mol. The topological polar surface area (TPSA) is 97.6 Å². The van der Waals surface area contributed by atoms with Crippen molar-refractivity contribution in [2.45, 2.75) is 26.5 Å². The Morgan fingerprint density at radius 3 is 2.42 bits per heavy atom. The predicted octanol–water partition coefficient (Wildman–Crippen LogP) is 4.40. The molecule has 0 fully saturated rings. The van der Waals surface area contributed by atoms with E-state index in [1.165, 1.54) is 23.0 Å². The molecule has 9 nitrogen and oxygen atoms in total. The quantitative estimate of drug-likeness (QED) is 0.249. The maximum Gasteiger partial charge on any atom is 0.338 e. The van der Waals surface area contributed by atoms with Crippen molar-refractivity contribution >= 4 is 23.4 Å². The van der Waals surface area contributed by atoms with Crippen LogP contribution in [0.2, 0.25) is 0 Å². The maximum absolute atomic E-state index is 14.0. The number of fused-ring (bicyclic) bond motifs is 1. The summed E-state index contributed by atoms with van der Waals surface area (Å²) >= 11 is 1.24. The first-order valence-electron chi connectivity index (χ1n) is 13.6. The molecule has 3 aromatic carbocycles. The number of allylic oxidation sites excluding steroid dienone is 1. The van der Waals surface area contributed by atoms with E-state index in [-0.39, 0.29) is 17.7 Å². The van der Waals surface area contributed by atoms with Crippen molar-refractivity contribution in [2.24, 2.45) is 4.99 Å². The zero-order valence-electron chi connectivity index (χ0n) is 24.6. The third kappa shape index (κ3) is 6.05. The lowest BCUT2D eigenvalue weighted by atomic mass is 9.95. The number of carbonyl (C=O) groups is 1. The van der Waals surface area contributed by atoms with E-state index in [0.717, 1.165) is 11.1 Å². The molecule has 0 unspecified atom stereocenters. The highest BCUT2D eigenvalue weighted by molar-refractivity contribution is 7.07. The fraction of sp³-hybridized carbons (Fsp3) is 0.242. The summed E-state index contributed by atoms with van der Waals surface area (Å²) in [6, 6.07) is 19.8. The normalized spacial score (nSPS) is 14.5. The van der Waals surface area contributed by atoms with Crippen molar-refractivity contribution in [1.82, 2.24) is 4.57 Å². The summed E-state index contributed by atoms with van der Waals surface area (Å²) in [6.45, 7) is 4.05. The van der Waals surface area contributed by atoms with E-state index >= 15 is 0 Å². The van der Waals surface area contributed by atoms with Crippen LogP contribution in [0.5, 0.6) is 23.0 Å². The Bertz CT molecular complexity index is 1860. The summed E-state index contributed by atoms with van der Waals surface area (Å²) < 4.78 is 30.0. The molecular formula is C33H32N2O7S. The van der Waals surface area contributed by atoms with E-state index in [9.17, 15) is 9.59 Å². The Kier molecular flexibility index (Phi) is 8.96. The fourth-order valence-electron chi connectivity index (χ4n) is 4.91. The molecule has 43 heavy (non-hydrogen) atoms. The zero-order chi connectivity index (χ0) is 30.5. The molecule has 10 heteroatoms. The van der Waals surface area contributed by atoms with Gasteiger partial charge in [0.1, 0.15) is 24.1 Å². The first-order valence-corrected chi connectivity index (χ1v) is 14.5. The molecule has 0 aliphatic carbocycles. The number of rotatable bonds is 10. The second-order valence-corrected chi connectivity index (χ2v) is 10.6. The van der Waals surface area contributed by atoms with E-state index in [1.54, 1.807) is 52.3 Å². The molecule has 222 valence electrons. The van der Waals surface area contributed by atoms with Crippen molar-refractivity contribution in [3.63, 3.8) is 0 Å². The summed E-state index contributed by atoms with van der Waals surface area (Å²) in [4.78, 5) is 32.4. The maximum atomic E-state index is 14.0. The van der Waals surface area contributed by atoms with Crippen LogP contribution >= 0.6 is 11.3 Å². The van der Waals surface area contributed by atoms with Crippen molar-refractivity contribution in [3.8, 4) is 23.0 Å². The van der Waals surface area contributed by atoms with Gasteiger partial charge in [-0.25, -0.2) is 9.79 Å². The van der Waals surface area contributed by atoms with Gasteiger partial charge in [0.05, 0.1) is 43.7 Å². The van der Waals surface area contributed by atoms with Gasteiger partial charge in [-0.15, -0.1) is 0 Å². The van der Waals surface area contributed by atoms with Gasteiger partial charge in [0.25, 0.3) is 5.56 Å².